The summed E-state index contributed by atoms with van der Waals surface area (Å²) in [6, 6.07) is 11.0. The molecule has 0 N–H and O–H groups in total. The minimum absolute atomic E-state index is 0.699. The van der Waals surface area contributed by atoms with Gasteiger partial charge in [0.05, 0.1) is 0 Å². The van der Waals surface area contributed by atoms with Gasteiger partial charge < -0.3 is 0 Å². The maximum Gasteiger partial charge on any atom is 0.0355 e. The van der Waals surface area contributed by atoms with Crippen LogP contribution < -0.4 is 0 Å². The lowest BCUT2D eigenvalue weighted by molar-refractivity contribution is 0.442. The fourth-order valence-electron chi connectivity index (χ4n) is 3.85. The van der Waals surface area contributed by atoms with Gasteiger partial charge in [-0.15, -0.1) is 0 Å². The predicted octanol–water partition coefficient (Wildman–Crippen LogP) is 6.84. The van der Waals surface area contributed by atoms with E-state index in [1.807, 2.05) is 0 Å². The van der Waals surface area contributed by atoms with Crippen molar-refractivity contribution >= 4 is 31.9 Å². The number of hydrogen-bond acceptors (Lipinski definition) is 0. The minimum atomic E-state index is 0.699. The lowest BCUT2D eigenvalue weighted by Crippen LogP contribution is -2.08. The van der Waals surface area contributed by atoms with E-state index in [9.17, 15) is 0 Å². The summed E-state index contributed by atoms with van der Waals surface area (Å²) < 4.78 is 2.45. The molecule has 4 rings (SSSR count). The van der Waals surface area contributed by atoms with E-state index in [0.717, 1.165) is 0 Å². The summed E-state index contributed by atoms with van der Waals surface area (Å²) in [5.74, 6) is 0.699. The Labute approximate surface area is 143 Å². The second-order valence-corrected chi connectivity index (χ2v) is 7.76. The van der Waals surface area contributed by atoms with Crippen molar-refractivity contribution in [3.05, 3.63) is 62.4 Å². The highest BCUT2D eigenvalue weighted by molar-refractivity contribution is 9.13. The van der Waals surface area contributed by atoms with Gasteiger partial charge in [0.15, 0.2) is 0 Å². The third-order valence-electron chi connectivity index (χ3n) is 4.86. The molecule has 1 fully saturated rings. The van der Waals surface area contributed by atoms with E-state index in [-0.39, 0.29) is 0 Å². The molecule has 0 bridgehead atoms. The molecule has 0 aliphatic heterocycles. The number of benzene rings is 2. The van der Waals surface area contributed by atoms with Crippen LogP contribution in [0.25, 0.3) is 11.1 Å². The smallest absolute Gasteiger partial charge is 0.0355 e. The van der Waals surface area contributed by atoms with E-state index in [0.29, 0.717) is 5.92 Å². The first-order valence-electron chi connectivity index (χ1n) is 7.72. The summed E-state index contributed by atoms with van der Waals surface area (Å²) in [5.41, 5.74) is 7.09. The first-order chi connectivity index (χ1) is 10.3. The molecule has 2 aliphatic carbocycles. The Hall–Kier alpha value is -0.600. The summed E-state index contributed by atoms with van der Waals surface area (Å²) in [6.45, 7) is 0. The van der Waals surface area contributed by atoms with E-state index < -0.39 is 0 Å². The van der Waals surface area contributed by atoms with Gasteiger partial charge in [-0.3, -0.25) is 0 Å². The second kappa shape index (κ2) is 5.55. The van der Waals surface area contributed by atoms with Crippen molar-refractivity contribution in [2.24, 2.45) is 0 Å². The SMILES string of the molecule is Brc1cc2c(c(C3CCCCC3)c1Br)[CH]c1ccccc1-2. The van der Waals surface area contributed by atoms with Crippen LogP contribution in [-0.4, -0.2) is 0 Å². The molecular weight excluding hydrogens is 388 g/mol. The summed E-state index contributed by atoms with van der Waals surface area (Å²) in [6.07, 6.45) is 9.16. The maximum atomic E-state index is 3.85. The van der Waals surface area contributed by atoms with E-state index in [1.165, 1.54) is 68.9 Å². The molecule has 2 heteroatoms. The van der Waals surface area contributed by atoms with Crippen LogP contribution in [-0.2, 0) is 0 Å². The molecule has 107 valence electrons. The van der Waals surface area contributed by atoms with Gasteiger partial charge in [0.1, 0.15) is 0 Å². The van der Waals surface area contributed by atoms with Gasteiger partial charge >= 0.3 is 0 Å². The van der Waals surface area contributed by atoms with Gasteiger partial charge in [-0.05, 0) is 84.5 Å². The molecule has 0 heterocycles. The fourth-order valence-corrected chi connectivity index (χ4v) is 4.95. The molecule has 0 atom stereocenters. The zero-order valence-corrected chi connectivity index (χ0v) is 15.0. The van der Waals surface area contributed by atoms with Crippen LogP contribution >= 0.6 is 31.9 Å². The largest absolute Gasteiger partial charge is 0.0619 e. The quantitative estimate of drug-likeness (QED) is 0.416. The highest BCUT2D eigenvalue weighted by Crippen LogP contribution is 2.49. The Bertz CT molecular complexity index is 697. The van der Waals surface area contributed by atoms with Crippen molar-refractivity contribution in [3.8, 4) is 11.1 Å². The van der Waals surface area contributed by atoms with E-state index in [4.69, 9.17) is 0 Å². The Balaban J connectivity index is 1.90. The molecule has 1 saturated carbocycles. The van der Waals surface area contributed by atoms with Crippen molar-refractivity contribution in [1.29, 1.82) is 0 Å². The summed E-state index contributed by atoms with van der Waals surface area (Å²) in [5, 5.41) is 0. The van der Waals surface area contributed by atoms with Crippen molar-refractivity contribution in [2.45, 2.75) is 38.0 Å². The van der Waals surface area contributed by atoms with E-state index >= 15 is 0 Å². The lowest BCUT2D eigenvalue weighted by Gasteiger charge is -2.26. The normalized spacial score (nSPS) is 17.6. The van der Waals surface area contributed by atoms with Crippen LogP contribution in [0.15, 0.2) is 39.3 Å². The summed E-state index contributed by atoms with van der Waals surface area (Å²) >= 11 is 7.60. The zero-order chi connectivity index (χ0) is 14.4. The van der Waals surface area contributed by atoms with Crippen LogP contribution in [0.5, 0.6) is 0 Å². The van der Waals surface area contributed by atoms with E-state index in [1.54, 1.807) is 0 Å². The molecule has 0 unspecified atom stereocenters. The van der Waals surface area contributed by atoms with Crippen LogP contribution in [0.4, 0.5) is 0 Å². The first kappa shape index (κ1) is 14.0. The number of hydrogen-bond donors (Lipinski definition) is 0. The predicted molar refractivity (Wildman–Crippen MR) is 95.6 cm³/mol. The third kappa shape index (κ3) is 2.31. The highest BCUT2D eigenvalue weighted by atomic mass is 79.9. The van der Waals surface area contributed by atoms with E-state index in [2.05, 4.69) is 68.6 Å². The van der Waals surface area contributed by atoms with Gasteiger partial charge in [0.25, 0.3) is 0 Å². The van der Waals surface area contributed by atoms with Crippen LogP contribution in [0.2, 0.25) is 0 Å². The molecule has 2 aromatic rings. The standard InChI is InChI=1S/C19H17Br2/c20-17-11-15-14-9-5-4-8-13(14)10-16(15)18(19(17)21)12-6-2-1-3-7-12/h4-5,8-12H,1-3,6-7H2. The Morgan fingerprint density at radius 2 is 1.67 bits per heavy atom. The number of fused-ring (bicyclic) bond motifs is 3. The first-order valence-corrected chi connectivity index (χ1v) is 9.30. The molecule has 2 aromatic carbocycles. The molecule has 0 amide bonds. The van der Waals surface area contributed by atoms with Gasteiger partial charge in [0.2, 0.25) is 0 Å². The molecule has 1 radical (unpaired) electrons. The third-order valence-corrected chi connectivity index (χ3v) is 6.87. The van der Waals surface area contributed by atoms with Gasteiger partial charge in [-0.2, -0.15) is 0 Å². The lowest BCUT2D eigenvalue weighted by atomic mass is 9.81. The van der Waals surface area contributed by atoms with Crippen molar-refractivity contribution in [3.63, 3.8) is 0 Å². The molecule has 0 saturated heterocycles. The van der Waals surface area contributed by atoms with Crippen LogP contribution in [0, 0.1) is 6.42 Å². The van der Waals surface area contributed by atoms with Crippen LogP contribution in [0.3, 0.4) is 0 Å². The fraction of sp³-hybridized carbons (Fsp3) is 0.316. The van der Waals surface area contributed by atoms with Gasteiger partial charge in [-0.25, -0.2) is 0 Å². The minimum Gasteiger partial charge on any atom is -0.0619 e. The van der Waals surface area contributed by atoms with Crippen molar-refractivity contribution in [1.82, 2.24) is 0 Å². The van der Waals surface area contributed by atoms with Crippen LogP contribution in [0.1, 0.15) is 54.7 Å². The van der Waals surface area contributed by atoms with Gasteiger partial charge in [-0.1, -0.05) is 43.5 Å². The molecule has 0 nitrogen and oxygen atoms in total. The van der Waals surface area contributed by atoms with Gasteiger partial charge in [0, 0.05) is 15.4 Å². The average molecular weight is 405 g/mol. The number of halogens is 2. The summed E-state index contributed by atoms with van der Waals surface area (Å²) in [4.78, 5) is 0. The summed E-state index contributed by atoms with van der Waals surface area (Å²) in [7, 11) is 0. The monoisotopic (exact) mass is 403 g/mol. The van der Waals surface area contributed by atoms with Crippen molar-refractivity contribution < 1.29 is 0 Å². The topological polar surface area (TPSA) is 0 Å². The molecule has 2 aliphatic rings. The zero-order valence-electron chi connectivity index (χ0n) is 11.8. The second-order valence-electron chi connectivity index (χ2n) is 6.11. The molecule has 21 heavy (non-hydrogen) atoms. The molecule has 0 aromatic heterocycles. The van der Waals surface area contributed by atoms with Crippen molar-refractivity contribution in [2.75, 3.05) is 0 Å². The Morgan fingerprint density at radius 3 is 2.48 bits per heavy atom. The molecular formula is C19H17Br2. The molecule has 0 spiro atoms. The maximum absolute atomic E-state index is 3.85. The number of rotatable bonds is 1. The highest BCUT2D eigenvalue weighted by Gasteiger charge is 2.28. The Morgan fingerprint density at radius 1 is 0.905 bits per heavy atom. The Kier molecular flexibility index (Phi) is 3.71. The average Bonchev–Trinajstić information content (AvgIpc) is 2.87.